The summed E-state index contributed by atoms with van der Waals surface area (Å²) < 4.78 is 6.85. The Labute approximate surface area is 153 Å². The Hall–Kier alpha value is -2.63. The van der Waals surface area contributed by atoms with Gasteiger partial charge in [0.25, 0.3) is 5.56 Å². The van der Waals surface area contributed by atoms with Crippen LogP contribution in [0, 0.1) is 0 Å². The highest BCUT2D eigenvalue weighted by molar-refractivity contribution is 5.78. The van der Waals surface area contributed by atoms with E-state index in [1.165, 1.54) is 4.68 Å². The number of amides is 1. The maximum atomic E-state index is 12.1. The van der Waals surface area contributed by atoms with Crippen molar-refractivity contribution in [1.82, 2.24) is 15.1 Å². The Morgan fingerprint density at radius 2 is 2.00 bits per heavy atom. The molecule has 0 bridgehead atoms. The van der Waals surface area contributed by atoms with E-state index in [0.29, 0.717) is 26.1 Å². The Bertz CT molecular complexity index is 812. The maximum Gasteiger partial charge on any atom is 0.267 e. The van der Waals surface area contributed by atoms with Crippen molar-refractivity contribution >= 4 is 5.91 Å². The summed E-state index contributed by atoms with van der Waals surface area (Å²) in [7, 11) is 0. The summed E-state index contributed by atoms with van der Waals surface area (Å²) in [6.07, 6.45) is 4.42. The van der Waals surface area contributed by atoms with Gasteiger partial charge in [-0.15, -0.1) is 0 Å². The molecule has 0 atom stereocenters. The monoisotopic (exact) mass is 355 g/mol. The largest absolute Gasteiger partial charge is 0.494 e. The third-order valence-electron chi connectivity index (χ3n) is 4.52. The molecule has 1 aromatic heterocycles. The van der Waals surface area contributed by atoms with Gasteiger partial charge in [0.15, 0.2) is 0 Å². The fourth-order valence-electron chi connectivity index (χ4n) is 3.18. The van der Waals surface area contributed by atoms with Crippen LogP contribution in [0.4, 0.5) is 0 Å². The van der Waals surface area contributed by atoms with Crippen molar-refractivity contribution in [1.29, 1.82) is 0 Å². The number of nitrogens with one attached hydrogen (secondary N) is 1. The number of benzene rings is 1. The smallest absolute Gasteiger partial charge is 0.267 e. The molecule has 0 radical (unpaired) electrons. The van der Waals surface area contributed by atoms with E-state index in [2.05, 4.69) is 10.4 Å². The predicted octanol–water partition coefficient (Wildman–Crippen LogP) is 1.88. The third-order valence-corrected chi connectivity index (χ3v) is 4.52. The molecule has 6 nitrogen and oxygen atoms in total. The molecule has 2 aromatic rings. The summed E-state index contributed by atoms with van der Waals surface area (Å²) in [5.41, 5.74) is 2.94. The van der Waals surface area contributed by atoms with Crippen LogP contribution in [-0.4, -0.2) is 28.8 Å². The molecule has 1 amide bonds. The number of nitrogens with zero attached hydrogens (tertiary/aromatic N) is 2. The zero-order valence-corrected chi connectivity index (χ0v) is 15.2. The van der Waals surface area contributed by atoms with Gasteiger partial charge in [-0.1, -0.05) is 12.1 Å². The second-order valence-electron chi connectivity index (χ2n) is 6.49. The highest BCUT2D eigenvalue weighted by Crippen LogP contribution is 2.16. The minimum absolute atomic E-state index is 0.0693. The van der Waals surface area contributed by atoms with Crippen molar-refractivity contribution < 1.29 is 9.53 Å². The number of carbonyl (C=O) groups excluding carboxylic acids is 1. The number of hydrogen-bond acceptors (Lipinski definition) is 4. The van der Waals surface area contributed by atoms with Gasteiger partial charge < -0.3 is 10.1 Å². The van der Waals surface area contributed by atoms with E-state index in [4.69, 9.17) is 4.74 Å². The van der Waals surface area contributed by atoms with Crippen molar-refractivity contribution in [2.24, 2.45) is 0 Å². The molecule has 0 fully saturated rings. The van der Waals surface area contributed by atoms with E-state index in [0.717, 1.165) is 48.3 Å². The number of rotatable bonds is 7. The first kappa shape index (κ1) is 18.2. The van der Waals surface area contributed by atoms with Crippen LogP contribution in [0.3, 0.4) is 0 Å². The SMILES string of the molecule is CCOc1ccc(CC(=O)NCCn2nc3c(cc2=O)CCCC3)cc1. The second-order valence-corrected chi connectivity index (χ2v) is 6.49. The van der Waals surface area contributed by atoms with Gasteiger partial charge in [0, 0.05) is 12.6 Å². The summed E-state index contributed by atoms with van der Waals surface area (Å²) in [4.78, 5) is 24.2. The third kappa shape index (κ3) is 4.71. The zero-order chi connectivity index (χ0) is 18.4. The average molecular weight is 355 g/mol. The maximum absolute atomic E-state index is 12.1. The minimum atomic E-state index is -0.0913. The number of hydrogen-bond donors (Lipinski definition) is 1. The normalized spacial score (nSPS) is 13.1. The molecule has 0 saturated carbocycles. The van der Waals surface area contributed by atoms with Crippen LogP contribution in [0.15, 0.2) is 35.1 Å². The summed E-state index contributed by atoms with van der Waals surface area (Å²) >= 11 is 0. The van der Waals surface area contributed by atoms with E-state index in [1.54, 1.807) is 6.07 Å². The quantitative estimate of drug-likeness (QED) is 0.823. The van der Waals surface area contributed by atoms with Crippen LogP contribution in [0.5, 0.6) is 5.75 Å². The molecule has 1 aliphatic rings. The van der Waals surface area contributed by atoms with Gasteiger partial charge in [-0.2, -0.15) is 5.10 Å². The Balaban J connectivity index is 1.50. The molecule has 138 valence electrons. The molecule has 0 unspecified atom stereocenters. The van der Waals surface area contributed by atoms with Crippen LogP contribution < -0.4 is 15.6 Å². The van der Waals surface area contributed by atoms with E-state index >= 15 is 0 Å². The second kappa shape index (κ2) is 8.65. The molecule has 3 rings (SSSR count). The van der Waals surface area contributed by atoms with E-state index in [-0.39, 0.29) is 11.5 Å². The van der Waals surface area contributed by atoms with E-state index in [1.807, 2.05) is 31.2 Å². The lowest BCUT2D eigenvalue weighted by Gasteiger charge is -2.16. The van der Waals surface area contributed by atoms with Crippen molar-refractivity contribution in [2.75, 3.05) is 13.2 Å². The summed E-state index contributed by atoms with van der Waals surface area (Å²) in [6, 6.07) is 9.20. The standard InChI is InChI=1S/C20H25N3O3/c1-2-26-17-9-7-15(8-10-17)13-19(24)21-11-12-23-20(25)14-16-5-3-4-6-18(16)22-23/h7-10,14H,2-6,11-13H2,1H3,(H,21,24). The van der Waals surface area contributed by atoms with E-state index in [9.17, 15) is 9.59 Å². The average Bonchev–Trinajstić information content (AvgIpc) is 2.64. The molecule has 1 N–H and O–H groups in total. The van der Waals surface area contributed by atoms with Gasteiger partial charge in [0.2, 0.25) is 5.91 Å². The Morgan fingerprint density at radius 3 is 2.77 bits per heavy atom. The van der Waals surface area contributed by atoms with Crippen LogP contribution in [-0.2, 0) is 30.6 Å². The molecule has 0 spiro atoms. The number of fused-ring (bicyclic) bond motifs is 1. The molecule has 1 heterocycles. The lowest BCUT2D eigenvalue weighted by atomic mass is 9.97. The van der Waals surface area contributed by atoms with Gasteiger partial charge in [-0.25, -0.2) is 4.68 Å². The predicted molar refractivity (Wildman–Crippen MR) is 99.5 cm³/mol. The first-order chi connectivity index (χ1) is 12.7. The molecule has 6 heteroatoms. The summed E-state index contributed by atoms with van der Waals surface area (Å²) in [5.74, 6) is 0.731. The minimum Gasteiger partial charge on any atom is -0.494 e. The zero-order valence-electron chi connectivity index (χ0n) is 15.2. The number of ether oxygens (including phenoxy) is 1. The van der Waals surface area contributed by atoms with Crippen LogP contribution in [0.25, 0.3) is 0 Å². The molecule has 1 aromatic carbocycles. The van der Waals surface area contributed by atoms with Gasteiger partial charge in [0.05, 0.1) is 25.3 Å². The molecular weight excluding hydrogens is 330 g/mol. The fraction of sp³-hybridized carbons (Fsp3) is 0.450. The van der Waals surface area contributed by atoms with Crippen molar-refractivity contribution in [3.63, 3.8) is 0 Å². The van der Waals surface area contributed by atoms with Gasteiger partial charge >= 0.3 is 0 Å². The molecule has 1 aliphatic carbocycles. The number of carbonyl (C=O) groups is 1. The Morgan fingerprint density at radius 1 is 1.23 bits per heavy atom. The first-order valence-electron chi connectivity index (χ1n) is 9.24. The molecule has 0 saturated heterocycles. The van der Waals surface area contributed by atoms with Crippen LogP contribution in [0.1, 0.15) is 36.6 Å². The Kier molecular flexibility index (Phi) is 6.04. The van der Waals surface area contributed by atoms with Gasteiger partial charge in [0.1, 0.15) is 5.75 Å². The summed E-state index contributed by atoms with van der Waals surface area (Å²) in [5, 5.41) is 7.32. The lowest BCUT2D eigenvalue weighted by molar-refractivity contribution is -0.120. The van der Waals surface area contributed by atoms with Crippen molar-refractivity contribution in [3.8, 4) is 5.75 Å². The number of aromatic nitrogens is 2. The van der Waals surface area contributed by atoms with E-state index < -0.39 is 0 Å². The fourth-order valence-corrected chi connectivity index (χ4v) is 3.18. The van der Waals surface area contributed by atoms with Crippen LogP contribution >= 0.6 is 0 Å². The van der Waals surface area contributed by atoms with Gasteiger partial charge in [-0.3, -0.25) is 9.59 Å². The molecule has 26 heavy (non-hydrogen) atoms. The highest BCUT2D eigenvalue weighted by atomic mass is 16.5. The molecular formula is C20H25N3O3. The number of aryl methyl sites for hydroxylation is 2. The highest BCUT2D eigenvalue weighted by Gasteiger charge is 2.13. The van der Waals surface area contributed by atoms with Gasteiger partial charge in [-0.05, 0) is 55.9 Å². The topological polar surface area (TPSA) is 73.2 Å². The molecule has 0 aliphatic heterocycles. The van der Waals surface area contributed by atoms with Crippen LogP contribution in [0.2, 0.25) is 0 Å². The lowest BCUT2D eigenvalue weighted by Crippen LogP contribution is -2.33. The van der Waals surface area contributed by atoms with Crippen molar-refractivity contribution in [3.05, 3.63) is 57.5 Å². The first-order valence-corrected chi connectivity index (χ1v) is 9.24. The van der Waals surface area contributed by atoms with Crippen molar-refractivity contribution in [2.45, 2.75) is 45.6 Å². The summed E-state index contributed by atoms with van der Waals surface area (Å²) in [6.45, 7) is 3.34.